The van der Waals surface area contributed by atoms with E-state index in [1.54, 1.807) is 0 Å². The number of H-pyrrole nitrogens is 1. The number of nitrogens with zero attached hydrogens (tertiary/aromatic N) is 4. The van der Waals surface area contributed by atoms with Gasteiger partial charge in [-0.3, -0.25) is 9.69 Å². The third kappa shape index (κ3) is 5.22. The van der Waals surface area contributed by atoms with Crippen molar-refractivity contribution in [1.82, 2.24) is 14.9 Å². The summed E-state index contributed by atoms with van der Waals surface area (Å²) in [6, 6.07) is 21.8. The molecule has 3 N–H and O–H groups in total. The number of piperazine rings is 1. The fraction of sp³-hybridized carbons (Fsp3) is 0.310. The van der Waals surface area contributed by atoms with Gasteiger partial charge in [-0.25, -0.2) is 4.98 Å². The van der Waals surface area contributed by atoms with E-state index in [2.05, 4.69) is 44.4 Å². The number of amides is 1. The molecule has 1 amide bonds. The van der Waals surface area contributed by atoms with Crippen LogP contribution < -0.4 is 15.1 Å². The molecule has 1 aromatic heterocycles. The Labute approximate surface area is 221 Å². The first-order chi connectivity index (χ1) is 18.7. The third-order valence-corrected chi connectivity index (χ3v) is 7.32. The van der Waals surface area contributed by atoms with Crippen molar-refractivity contribution < 1.29 is 14.6 Å². The standard InChI is InChI=1S/C29H32N6O3/c36-20-33-11-13-34(14-12-33)24-6-1-21(2-7-24)28-31-26-10-5-23(19-27(26)32-28)30-29(37)22-3-8-25(9-4-22)35-15-17-38-18-16-35/h1-10,19,36H,11-18,20H2,(H,30,37)(H,31,32). The van der Waals surface area contributed by atoms with E-state index in [4.69, 9.17) is 9.72 Å². The fourth-order valence-corrected chi connectivity index (χ4v) is 5.05. The molecule has 38 heavy (non-hydrogen) atoms. The van der Waals surface area contributed by atoms with E-state index < -0.39 is 0 Å². The number of carbonyl (C=O) groups excluding carboxylic acids is 1. The number of aromatic nitrogens is 2. The Morgan fingerprint density at radius 3 is 2.21 bits per heavy atom. The van der Waals surface area contributed by atoms with E-state index >= 15 is 0 Å². The van der Waals surface area contributed by atoms with Crippen LogP contribution in [0.25, 0.3) is 22.4 Å². The first-order valence-corrected chi connectivity index (χ1v) is 13.1. The van der Waals surface area contributed by atoms with Crippen LogP contribution in [0.4, 0.5) is 17.1 Å². The third-order valence-electron chi connectivity index (χ3n) is 7.32. The minimum Gasteiger partial charge on any atom is -0.381 e. The monoisotopic (exact) mass is 512 g/mol. The Bertz CT molecular complexity index is 1390. The lowest BCUT2D eigenvalue weighted by Gasteiger charge is -2.35. The number of carbonyl (C=O) groups is 1. The van der Waals surface area contributed by atoms with Crippen molar-refractivity contribution in [2.24, 2.45) is 0 Å². The molecule has 0 radical (unpaired) electrons. The molecule has 2 aliphatic heterocycles. The molecule has 0 unspecified atom stereocenters. The number of hydrogen-bond donors (Lipinski definition) is 3. The summed E-state index contributed by atoms with van der Waals surface area (Å²) in [4.78, 5) is 27.7. The summed E-state index contributed by atoms with van der Waals surface area (Å²) in [5.41, 5.74) is 6.31. The molecular weight excluding hydrogens is 480 g/mol. The van der Waals surface area contributed by atoms with Crippen LogP contribution in [-0.2, 0) is 4.74 Å². The molecule has 3 aromatic carbocycles. The SMILES string of the molecule is O=C(Nc1ccc2[nH]c(-c3ccc(N4CCN(CO)CC4)cc3)nc2c1)c1ccc(N2CCOCC2)cc1. The first kappa shape index (κ1) is 24.4. The summed E-state index contributed by atoms with van der Waals surface area (Å²) in [7, 11) is 0. The highest BCUT2D eigenvalue weighted by Gasteiger charge is 2.17. The van der Waals surface area contributed by atoms with Crippen LogP contribution in [0.15, 0.2) is 66.7 Å². The number of hydrogen-bond acceptors (Lipinski definition) is 7. The van der Waals surface area contributed by atoms with Crippen molar-refractivity contribution in [3.05, 3.63) is 72.3 Å². The first-order valence-electron chi connectivity index (χ1n) is 13.1. The van der Waals surface area contributed by atoms with Gasteiger partial charge in [-0.2, -0.15) is 0 Å². The Kier molecular flexibility index (Phi) is 6.96. The molecule has 0 aliphatic carbocycles. The van der Waals surface area contributed by atoms with Gasteiger partial charge in [-0.05, 0) is 66.7 Å². The maximum atomic E-state index is 12.9. The summed E-state index contributed by atoms with van der Waals surface area (Å²) < 4.78 is 5.42. The number of ether oxygens (including phenoxy) is 1. The van der Waals surface area contributed by atoms with Gasteiger partial charge in [-0.15, -0.1) is 0 Å². The molecule has 4 aromatic rings. The number of aliphatic hydroxyl groups is 1. The van der Waals surface area contributed by atoms with E-state index in [0.29, 0.717) is 11.3 Å². The molecule has 2 fully saturated rings. The summed E-state index contributed by atoms with van der Waals surface area (Å²) in [6.45, 7) is 6.83. The molecule has 0 atom stereocenters. The van der Waals surface area contributed by atoms with Gasteiger partial charge in [0.1, 0.15) is 5.82 Å². The lowest BCUT2D eigenvalue weighted by atomic mass is 10.1. The van der Waals surface area contributed by atoms with Crippen molar-refractivity contribution in [3.63, 3.8) is 0 Å². The van der Waals surface area contributed by atoms with E-state index in [1.165, 1.54) is 5.69 Å². The second-order valence-electron chi connectivity index (χ2n) is 9.71. The predicted octanol–water partition coefficient (Wildman–Crippen LogP) is 3.39. The number of rotatable bonds is 6. The highest BCUT2D eigenvalue weighted by molar-refractivity contribution is 6.05. The lowest BCUT2D eigenvalue weighted by Crippen LogP contribution is -2.46. The zero-order valence-corrected chi connectivity index (χ0v) is 21.3. The molecular formula is C29H32N6O3. The minimum absolute atomic E-state index is 0.118. The normalized spacial score (nSPS) is 16.7. The van der Waals surface area contributed by atoms with E-state index in [9.17, 15) is 9.90 Å². The Hall–Kier alpha value is -3.92. The molecule has 0 spiro atoms. The van der Waals surface area contributed by atoms with Crippen LogP contribution in [-0.4, -0.2) is 85.1 Å². The zero-order valence-electron chi connectivity index (χ0n) is 21.3. The van der Waals surface area contributed by atoms with Crippen LogP contribution >= 0.6 is 0 Å². The van der Waals surface area contributed by atoms with E-state index in [0.717, 1.165) is 80.6 Å². The molecule has 3 heterocycles. The largest absolute Gasteiger partial charge is 0.381 e. The summed E-state index contributed by atoms with van der Waals surface area (Å²) in [6.07, 6.45) is 0. The lowest BCUT2D eigenvalue weighted by molar-refractivity contribution is 0.102. The van der Waals surface area contributed by atoms with Gasteiger partial charge in [0.15, 0.2) is 0 Å². The number of imidazole rings is 1. The van der Waals surface area contributed by atoms with Crippen LogP contribution in [0, 0.1) is 0 Å². The number of benzene rings is 3. The van der Waals surface area contributed by atoms with E-state index in [-0.39, 0.29) is 12.6 Å². The number of aliphatic hydroxyl groups excluding tert-OH is 1. The van der Waals surface area contributed by atoms with Crippen LogP contribution in [0.5, 0.6) is 0 Å². The second kappa shape index (κ2) is 10.8. The maximum Gasteiger partial charge on any atom is 0.255 e. The molecule has 0 bridgehead atoms. The maximum absolute atomic E-state index is 12.9. The van der Waals surface area contributed by atoms with Crippen molar-refractivity contribution >= 4 is 34.0 Å². The number of fused-ring (bicyclic) bond motifs is 1. The van der Waals surface area contributed by atoms with Crippen molar-refractivity contribution in [3.8, 4) is 11.4 Å². The number of aromatic amines is 1. The van der Waals surface area contributed by atoms with Gasteiger partial charge >= 0.3 is 0 Å². The molecule has 6 rings (SSSR count). The molecule has 9 nitrogen and oxygen atoms in total. The number of anilines is 3. The molecule has 0 saturated carbocycles. The fourth-order valence-electron chi connectivity index (χ4n) is 5.05. The average Bonchev–Trinajstić information content (AvgIpc) is 3.41. The van der Waals surface area contributed by atoms with Gasteiger partial charge in [0.25, 0.3) is 5.91 Å². The highest BCUT2D eigenvalue weighted by Crippen LogP contribution is 2.26. The van der Waals surface area contributed by atoms with Gasteiger partial charge in [0.2, 0.25) is 0 Å². The number of morpholine rings is 1. The van der Waals surface area contributed by atoms with Crippen LogP contribution in [0.2, 0.25) is 0 Å². The summed E-state index contributed by atoms with van der Waals surface area (Å²) >= 11 is 0. The van der Waals surface area contributed by atoms with Gasteiger partial charge in [0.05, 0.1) is 31.0 Å². The summed E-state index contributed by atoms with van der Waals surface area (Å²) in [5.74, 6) is 0.642. The van der Waals surface area contributed by atoms with Gasteiger partial charge in [-0.1, -0.05) is 0 Å². The zero-order chi connectivity index (χ0) is 25.9. The second-order valence-corrected chi connectivity index (χ2v) is 9.71. The topological polar surface area (TPSA) is 97.0 Å². The Morgan fingerprint density at radius 1 is 0.868 bits per heavy atom. The van der Waals surface area contributed by atoms with Crippen molar-refractivity contribution in [2.75, 3.05) is 74.3 Å². The van der Waals surface area contributed by atoms with Gasteiger partial charge in [0, 0.05) is 67.5 Å². The predicted molar refractivity (Wildman–Crippen MR) is 150 cm³/mol. The van der Waals surface area contributed by atoms with Crippen molar-refractivity contribution in [2.45, 2.75) is 0 Å². The van der Waals surface area contributed by atoms with E-state index in [1.807, 2.05) is 47.4 Å². The van der Waals surface area contributed by atoms with Crippen molar-refractivity contribution in [1.29, 1.82) is 0 Å². The average molecular weight is 513 g/mol. The van der Waals surface area contributed by atoms with Gasteiger partial charge < -0.3 is 29.9 Å². The quantitative estimate of drug-likeness (QED) is 0.364. The molecule has 2 aliphatic rings. The highest BCUT2D eigenvalue weighted by atomic mass is 16.5. The Balaban J connectivity index is 1.12. The Morgan fingerprint density at radius 2 is 1.53 bits per heavy atom. The molecule has 2 saturated heterocycles. The summed E-state index contributed by atoms with van der Waals surface area (Å²) in [5, 5.41) is 12.3. The number of nitrogens with one attached hydrogen (secondary N) is 2. The smallest absolute Gasteiger partial charge is 0.255 e. The van der Waals surface area contributed by atoms with Crippen LogP contribution in [0.1, 0.15) is 10.4 Å². The van der Waals surface area contributed by atoms with Crippen LogP contribution in [0.3, 0.4) is 0 Å². The minimum atomic E-state index is -0.149. The molecule has 9 heteroatoms. The molecule has 196 valence electrons.